The molecule has 4 rings (SSSR count). The normalized spacial score (nSPS) is 12.8. The Hall–Kier alpha value is -2.23. The Balaban J connectivity index is 1.52. The molecule has 0 aromatic heterocycles. The number of rotatable bonds is 12. The number of benzene rings is 3. The van der Waals surface area contributed by atoms with Gasteiger partial charge in [0.25, 0.3) is 10.1 Å². The van der Waals surface area contributed by atoms with Gasteiger partial charge < -0.3 is 9.64 Å². The molecular formula is C28H31NO4S3. The first-order valence-electron chi connectivity index (χ1n) is 11.9. The highest BCUT2D eigenvalue weighted by molar-refractivity contribution is 8.22. The van der Waals surface area contributed by atoms with Gasteiger partial charge in [0.15, 0.2) is 0 Å². The van der Waals surface area contributed by atoms with Crippen LogP contribution in [0.15, 0.2) is 83.1 Å². The molecule has 0 bridgehead atoms. The third-order valence-corrected chi connectivity index (χ3v) is 9.05. The maximum atomic E-state index is 10.8. The van der Waals surface area contributed by atoms with E-state index < -0.39 is 10.1 Å². The highest BCUT2D eigenvalue weighted by Crippen LogP contribution is 2.50. The van der Waals surface area contributed by atoms with E-state index >= 15 is 0 Å². The lowest BCUT2D eigenvalue weighted by Crippen LogP contribution is -2.22. The molecule has 5 nitrogen and oxygen atoms in total. The average Bonchev–Trinajstić information content (AvgIpc) is 2.88. The summed E-state index contributed by atoms with van der Waals surface area (Å²) in [6.07, 6.45) is 3.29. The number of ether oxygens (including phenoxy) is 1. The van der Waals surface area contributed by atoms with Gasteiger partial charge in [0.1, 0.15) is 0 Å². The molecule has 0 atom stereocenters. The predicted molar refractivity (Wildman–Crippen MR) is 154 cm³/mol. The molecule has 3 aromatic rings. The van der Waals surface area contributed by atoms with E-state index in [1.165, 1.54) is 37.9 Å². The Morgan fingerprint density at radius 1 is 0.861 bits per heavy atom. The minimum atomic E-state index is -3.92. The lowest BCUT2D eigenvalue weighted by molar-refractivity contribution is 0.136. The third kappa shape index (κ3) is 6.95. The number of hydrogen-bond acceptors (Lipinski definition) is 6. The third-order valence-electron chi connectivity index (χ3n) is 5.86. The maximum Gasteiger partial charge on any atom is 0.264 e. The first-order valence-corrected chi connectivity index (χ1v) is 15.7. The second kappa shape index (κ2) is 12.8. The van der Waals surface area contributed by atoms with E-state index in [-0.39, 0.29) is 5.75 Å². The van der Waals surface area contributed by atoms with Gasteiger partial charge in [-0.1, -0.05) is 66.7 Å². The van der Waals surface area contributed by atoms with Crippen LogP contribution in [0.1, 0.15) is 29.5 Å². The molecule has 0 saturated carbocycles. The van der Waals surface area contributed by atoms with Gasteiger partial charge in [0.2, 0.25) is 0 Å². The van der Waals surface area contributed by atoms with Crippen molar-refractivity contribution in [1.29, 1.82) is 0 Å². The van der Waals surface area contributed by atoms with Crippen LogP contribution in [0.4, 0.5) is 11.4 Å². The molecule has 1 aliphatic heterocycles. The van der Waals surface area contributed by atoms with Crippen molar-refractivity contribution < 1.29 is 17.7 Å². The van der Waals surface area contributed by atoms with Crippen LogP contribution in [0.2, 0.25) is 0 Å². The molecule has 190 valence electrons. The Labute approximate surface area is 222 Å². The van der Waals surface area contributed by atoms with Crippen LogP contribution >= 0.6 is 23.5 Å². The Morgan fingerprint density at radius 3 is 2.06 bits per heavy atom. The van der Waals surface area contributed by atoms with E-state index in [2.05, 4.69) is 90.0 Å². The van der Waals surface area contributed by atoms with Crippen molar-refractivity contribution in [3.05, 3.63) is 99.8 Å². The summed E-state index contributed by atoms with van der Waals surface area (Å²) in [6, 6.07) is 27.8. The van der Waals surface area contributed by atoms with Gasteiger partial charge >= 0.3 is 0 Å². The number of nitrogens with zero attached hydrogens (tertiary/aromatic N) is 1. The van der Waals surface area contributed by atoms with Crippen LogP contribution in [0, 0.1) is 0 Å². The summed E-state index contributed by atoms with van der Waals surface area (Å²) in [5, 5.41) is 0. The molecule has 0 saturated heterocycles. The topological polar surface area (TPSA) is 66.8 Å². The lowest BCUT2D eigenvalue weighted by Gasteiger charge is -2.35. The van der Waals surface area contributed by atoms with Gasteiger partial charge in [0, 0.05) is 57.8 Å². The number of para-hydroxylation sites is 2. The molecule has 0 amide bonds. The fourth-order valence-corrected chi connectivity index (χ4v) is 6.72. The van der Waals surface area contributed by atoms with Gasteiger partial charge in [0.05, 0.1) is 5.75 Å². The van der Waals surface area contributed by atoms with Gasteiger partial charge in [-0.3, -0.25) is 4.55 Å². The minimum Gasteiger partial charge on any atom is -0.381 e. The number of fused-ring (bicyclic) bond motifs is 2. The standard InChI is InChI=1S/C28H31NO4S3/c1-34-28(35-19-9-17-33-18-10-20-36(30,31)32)27-23-13-5-7-15-25(23)29(21-22-11-3-2-4-12-22)26-16-8-6-14-24(26)27/h2-8,11-16H,9-10,17-21H2,1H3,(H,30,31,32). The summed E-state index contributed by atoms with van der Waals surface area (Å²) in [6.45, 7) is 1.70. The van der Waals surface area contributed by atoms with Crippen LogP contribution in [0.3, 0.4) is 0 Å². The maximum absolute atomic E-state index is 10.8. The van der Waals surface area contributed by atoms with Gasteiger partial charge in [-0.05, 0) is 36.8 Å². The molecule has 8 heteroatoms. The molecule has 0 fully saturated rings. The largest absolute Gasteiger partial charge is 0.381 e. The molecule has 1 heterocycles. The van der Waals surface area contributed by atoms with E-state index in [4.69, 9.17) is 9.29 Å². The average molecular weight is 542 g/mol. The fourth-order valence-electron chi connectivity index (χ4n) is 4.28. The highest BCUT2D eigenvalue weighted by Gasteiger charge is 2.28. The monoisotopic (exact) mass is 541 g/mol. The first kappa shape index (κ1) is 26.8. The lowest BCUT2D eigenvalue weighted by atomic mass is 9.91. The SMILES string of the molecule is CSC(SCCCOCCCS(=O)(=O)O)=C1c2ccccc2N(Cc2ccccc2)c2ccccc21. The van der Waals surface area contributed by atoms with Gasteiger partial charge in [-0.15, -0.1) is 23.5 Å². The van der Waals surface area contributed by atoms with E-state index in [1.54, 1.807) is 11.8 Å². The number of anilines is 2. The zero-order valence-electron chi connectivity index (χ0n) is 20.3. The summed E-state index contributed by atoms with van der Waals surface area (Å²) in [7, 11) is -3.92. The van der Waals surface area contributed by atoms with Crippen LogP contribution in [-0.2, 0) is 21.4 Å². The molecule has 0 spiro atoms. The summed E-state index contributed by atoms with van der Waals surface area (Å²) >= 11 is 3.61. The van der Waals surface area contributed by atoms with E-state index in [0.717, 1.165) is 18.7 Å². The molecule has 1 aliphatic rings. The van der Waals surface area contributed by atoms with Crippen LogP contribution in [0.5, 0.6) is 0 Å². The fraction of sp³-hybridized carbons (Fsp3) is 0.286. The second-order valence-corrected chi connectivity index (χ2v) is 12.2. The van der Waals surface area contributed by atoms with E-state index in [1.807, 2.05) is 11.8 Å². The second-order valence-electron chi connectivity index (χ2n) is 8.43. The molecule has 0 radical (unpaired) electrons. The van der Waals surface area contributed by atoms with Crippen molar-refractivity contribution in [3.8, 4) is 0 Å². The van der Waals surface area contributed by atoms with E-state index in [9.17, 15) is 8.42 Å². The Bertz CT molecular complexity index is 1240. The zero-order chi connectivity index (χ0) is 25.4. The van der Waals surface area contributed by atoms with Crippen LogP contribution in [0.25, 0.3) is 5.57 Å². The van der Waals surface area contributed by atoms with E-state index in [0.29, 0.717) is 19.6 Å². The van der Waals surface area contributed by atoms with Crippen molar-refractivity contribution in [2.75, 3.05) is 35.9 Å². The Kier molecular flexibility index (Phi) is 9.56. The summed E-state index contributed by atoms with van der Waals surface area (Å²) in [5.74, 6) is 0.639. The molecular weight excluding hydrogens is 511 g/mol. The van der Waals surface area contributed by atoms with Crippen molar-refractivity contribution in [2.45, 2.75) is 19.4 Å². The van der Waals surface area contributed by atoms with Crippen molar-refractivity contribution in [1.82, 2.24) is 0 Å². The summed E-state index contributed by atoms with van der Waals surface area (Å²) in [4.78, 5) is 2.41. The molecule has 0 unspecified atom stereocenters. The zero-order valence-corrected chi connectivity index (χ0v) is 22.7. The Morgan fingerprint density at radius 2 is 1.44 bits per heavy atom. The number of thioether (sulfide) groups is 2. The van der Waals surface area contributed by atoms with Crippen molar-refractivity contribution in [2.24, 2.45) is 0 Å². The molecule has 36 heavy (non-hydrogen) atoms. The molecule has 0 aliphatic carbocycles. The van der Waals surface area contributed by atoms with Crippen molar-refractivity contribution >= 4 is 50.6 Å². The smallest absolute Gasteiger partial charge is 0.264 e. The summed E-state index contributed by atoms with van der Waals surface area (Å²) < 4.78 is 37.2. The van der Waals surface area contributed by atoms with Crippen LogP contribution < -0.4 is 4.90 Å². The minimum absolute atomic E-state index is 0.259. The highest BCUT2D eigenvalue weighted by atomic mass is 32.2. The van der Waals surface area contributed by atoms with Gasteiger partial charge in [-0.25, -0.2) is 0 Å². The van der Waals surface area contributed by atoms with Crippen molar-refractivity contribution in [3.63, 3.8) is 0 Å². The molecule has 1 N–H and O–H groups in total. The van der Waals surface area contributed by atoms with Crippen LogP contribution in [-0.4, -0.2) is 43.9 Å². The number of hydrogen-bond donors (Lipinski definition) is 1. The summed E-state index contributed by atoms with van der Waals surface area (Å²) in [5.41, 5.74) is 7.45. The quantitative estimate of drug-likeness (QED) is 0.199. The van der Waals surface area contributed by atoms with Gasteiger partial charge in [-0.2, -0.15) is 8.42 Å². The molecule has 3 aromatic carbocycles. The first-order chi connectivity index (χ1) is 17.5. The predicted octanol–water partition coefficient (Wildman–Crippen LogP) is 6.84.